The van der Waals surface area contributed by atoms with Crippen LogP contribution in [0, 0.1) is 17.3 Å². The predicted molar refractivity (Wildman–Crippen MR) is 133 cm³/mol. The number of ketones is 1. The van der Waals surface area contributed by atoms with E-state index < -0.39 is 0 Å². The van der Waals surface area contributed by atoms with Crippen LogP contribution in [0.25, 0.3) is 22.5 Å². The van der Waals surface area contributed by atoms with Gasteiger partial charge in [-0.05, 0) is 52.5 Å². The average Bonchev–Trinajstić information content (AvgIpc) is 3.56. The highest BCUT2D eigenvalue weighted by Gasteiger charge is 2.35. The highest BCUT2D eigenvalue weighted by molar-refractivity contribution is 5.94. The van der Waals surface area contributed by atoms with Gasteiger partial charge in [-0.3, -0.25) is 4.79 Å². The van der Waals surface area contributed by atoms with Gasteiger partial charge in [0, 0.05) is 11.5 Å². The molecule has 0 amide bonds. The molecular formula is C27H31N7O. The van der Waals surface area contributed by atoms with E-state index in [-0.39, 0.29) is 17.1 Å². The first-order valence-corrected chi connectivity index (χ1v) is 12.2. The molecule has 2 atom stereocenters. The summed E-state index contributed by atoms with van der Waals surface area (Å²) in [5.41, 5.74) is 4.33. The average molecular weight is 470 g/mol. The Morgan fingerprint density at radius 3 is 2.54 bits per heavy atom. The van der Waals surface area contributed by atoms with E-state index in [4.69, 9.17) is 0 Å². The molecule has 2 unspecified atom stereocenters. The fourth-order valence-corrected chi connectivity index (χ4v) is 5.06. The van der Waals surface area contributed by atoms with Crippen LogP contribution in [-0.2, 0) is 6.54 Å². The number of tetrazole rings is 1. The SMILES string of the molecule is CC(C)(C)C1CCCC(C(=O)c2ncn(Cc3ccc(-c4ccccc4-c4nn[nH]n4)cc3)n2)C1. The van der Waals surface area contributed by atoms with Crippen LogP contribution in [0.3, 0.4) is 0 Å². The maximum Gasteiger partial charge on any atom is 0.217 e. The number of carbonyl (C=O) groups excluding carboxylic acids is 1. The minimum Gasteiger partial charge on any atom is -0.290 e. The van der Waals surface area contributed by atoms with Crippen LogP contribution in [0.1, 0.15) is 62.6 Å². The molecule has 0 aliphatic heterocycles. The van der Waals surface area contributed by atoms with E-state index in [1.165, 1.54) is 6.42 Å². The molecule has 0 bridgehead atoms. The molecule has 1 N–H and O–H groups in total. The van der Waals surface area contributed by atoms with Crippen molar-refractivity contribution in [3.63, 3.8) is 0 Å². The number of nitrogens with zero attached hydrogens (tertiary/aromatic N) is 6. The third-order valence-corrected chi connectivity index (χ3v) is 7.15. The summed E-state index contributed by atoms with van der Waals surface area (Å²) >= 11 is 0. The number of aromatic amines is 1. The highest BCUT2D eigenvalue weighted by atomic mass is 16.1. The third kappa shape index (κ3) is 5.06. The van der Waals surface area contributed by atoms with Crippen LogP contribution >= 0.6 is 0 Å². The quantitative estimate of drug-likeness (QED) is 0.389. The van der Waals surface area contributed by atoms with Gasteiger partial charge in [-0.2, -0.15) is 5.21 Å². The number of hydrogen-bond acceptors (Lipinski definition) is 6. The van der Waals surface area contributed by atoms with Gasteiger partial charge < -0.3 is 0 Å². The van der Waals surface area contributed by atoms with E-state index in [0.29, 0.717) is 24.1 Å². The van der Waals surface area contributed by atoms with E-state index in [0.717, 1.165) is 41.5 Å². The highest BCUT2D eigenvalue weighted by Crippen LogP contribution is 2.41. The van der Waals surface area contributed by atoms with Crippen molar-refractivity contribution in [3.8, 4) is 22.5 Å². The van der Waals surface area contributed by atoms with Crippen molar-refractivity contribution in [3.05, 3.63) is 66.2 Å². The second kappa shape index (κ2) is 9.52. The lowest BCUT2D eigenvalue weighted by molar-refractivity contribution is 0.0781. The molecule has 1 saturated carbocycles. The number of carbonyl (C=O) groups is 1. The summed E-state index contributed by atoms with van der Waals surface area (Å²) < 4.78 is 1.75. The van der Waals surface area contributed by atoms with Crippen molar-refractivity contribution in [1.82, 2.24) is 35.4 Å². The van der Waals surface area contributed by atoms with Gasteiger partial charge in [0.05, 0.1) is 6.54 Å². The fourth-order valence-electron chi connectivity index (χ4n) is 5.06. The zero-order valence-corrected chi connectivity index (χ0v) is 20.5. The lowest BCUT2D eigenvalue weighted by Gasteiger charge is -2.36. The van der Waals surface area contributed by atoms with Gasteiger partial charge in [0.15, 0.2) is 0 Å². The smallest absolute Gasteiger partial charge is 0.217 e. The Hall–Kier alpha value is -3.68. The largest absolute Gasteiger partial charge is 0.290 e. The molecule has 8 nitrogen and oxygen atoms in total. The number of Topliss-reactive ketones (excluding diaryl/α,β-unsaturated/α-hetero) is 1. The molecule has 0 radical (unpaired) electrons. The number of H-pyrrole nitrogens is 1. The Morgan fingerprint density at radius 1 is 1.06 bits per heavy atom. The van der Waals surface area contributed by atoms with Crippen molar-refractivity contribution in [2.24, 2.45) is 17.3 Å². The summed E-state index contributed by atoms with van der Waals surface area (Å²) in [6, 6.07) is 16.3. The molecular weight excluding hydrogens is 438 g/mol. The predicted octanol–water partition coefficient (Wildman–Crippen LogP) is 5.21. The first-order valence-electron chi connectivity index (χ1n) is 12.2. The number of benzene rings is 2. The van der Waals surface area contributed by atoms with E-state index in [9.17, 15) is 4.79 Å². The zero-order valence-electron chi connectivity index (χ0n) is 20.5. The van der Waals surface area contributed by atoms with E-state index in [2.05, 4.69) is 75.7 Å². The standard InChI is InChI=1S/C27H31N7O/c1-27(2,3)21-8-6-7-20(15-21)24(35)26-28-17-34(31-26)16-18-11-13-19(14-12-18)22-9-4-5-10-23(22)25-29-32-33-30-25/h4-5,9-14,17,20-21H,6-8,15-16H2,1-3H3,(H,29,30,32,33). The molecule has 1 fully saturated rings. The van der Waals surface area contributed by atoms with Gasteiger partial charge in [0.1, 0.15) is 6.33 Å². The molecule has 1 aliphatic rings. The van der Waals surface area contributed by atoms with Gasteiger partial charge in [-0.1, -0.05) is 75.7 Å². The van der Waals surface area contributed by atoms with Crippen molar-refractivity contribution in [1.29, 1.82) is 0 Å². The lowest BCUT2D eigenvalue weighted by Crippen LogP contribution is -2.30. The van der Waals surface area contributed by atoms with E-state index >= 15 is 0 Å². The summed E-state index contributed by atoms with van der Waals surface area (Å²) in [5.74, 6) is 1.59. The van der Waals surface area contributed by atoms with Crippen molar-refractivity contribution in [2.45, 2.75) is 53.0 Å². The molecule has 5 rings (SSSR count). The molecule has 8 heteroatoms. The fraction of sp³-hybridized carbons (Fsp3) is 0.407. The molecule has 0 saturated heterocycles. The Kier molecular flexibility index (Phi) is 6.28. The van der Waals surface area contributed by atoms with Gasteiger partial charge >= 0.3 is 0 Å². The first-order chi connectivity index (χ1) is 16.9. The first kappa shape index (κ1) is 23.1. The molecule has 35 heavy (non-hydrogen) atoms. The normalized spacial score (nSPS) is 18.5. The summed E-state index contributed by atoms with van der Waals surface area (Å²) in [6.45, 7) is 7.37. The molecule has 1 aliphatic carbocycles. The van der Waals surface area contributed by atoms with Crippen molar-refractivity contribution >= 4 is 5.78 Å². The minimum absolute atomic E-state index is 0.0300. The zero-order chi connectivity index (χ0) is 24.4. The van der Waals surface area contributed by atoms with Crippen LogP contribution in [0.15, 0.2) is 54.9 Å². The van der Waals surface area contributed by atoms with Crippen LogP contribution in [-0.4, -0.2) is 41.2 Å². The molecule has 2 heterocycles. The maximum absolute atomic E-state index is 13.1. The lowest BCUT2D eigenvalue weighted by atomic mass is 9.68. The Labute approximate surface area is 205 Å². The van der Waals surface area contributed by atoms with Crippen LogP contribution in [0.2, 0.25) is 0 Å². The van der Waals surface area contributed by atoms with Gasteiger partial charge in [0.2, 0.25) is 17.4 Å². The number of hydrogen-bond donors (Lipinski definition) is 1. The van der Waals surface area contributed by atoms with Gasteiger partial charge in [-0.15, -0.1) is 15.3 Å². The summed E-state index contributed by atoms with van der Waals surface area (Å²) in [7, 11) is 0. The molecule has 2 aromatic heterocycles. The van der Waals surface area contributed by atoms with Crippen molar-refractivity contribution in [2.75, 3.05) is 0 Å². The Balaban J connectivity index is 1.27. The second-order valence-electron chi connectivity index (χ2n) is 10.5. The topological polar surface area (TPSA) is 102 Å². The monoisotopic (exact) mass is 469 g/mol. The van der Waals surface area contributed by atoms with E-state index in [1.807, 2.05) is 24.3 Å². The third-order valence-electron chi connectivity index (χ3n) is 7.15. The summed E-state index contributed by atoms with van der Waals surface area (Å²) in [5, 5.41) is 19.0. The van der Waals surface area contributed by atoms with Gasteiger partial charge in [-0.25, -0.2) is 9.67 Å². The number of rotatable bonds is 6. The van der Waals surface area contributed by atoms with Gasteiger partial charge in [0.25, 0.3) is 0 Å². The number of aromatic nitrogens is 7. The molecule has 4 aromatic rings. The number of nitrogens with one attached hydrogen (secondary N) is 1. The molecule has 0 spiro atoms. The van der Waals surface area contributed by atoms with E-state index in [1.54, 1.807) is 11.0 Å². The van der Waals surface area contributed by atoms with Crippen LogP contribution in [0.4, 0.5) is 0 Å². The second-order valence-corrected chi connectivity index (χ2v) is 10.5. The molecule has 180 valence electrons. The Bertz CT molecular complexity index is 1290. The van der Waals surface area contributed by atoms with Crippen molar-refractivity contribution < 1.29 is 4.79 Å². The van der Waals surface area contributed by atoms with Crippen LogP contribution in [0.5, 0.6) is 0 Å². The Morgan fingerprint density at radius 2 is 1.83 bits per heavy atom. The molecule has 2 aromatic carbocycles. The maximum atomic E-state index is 13.1. The summed E-state index contributed by atoms with van der Waals surface area (Å²) in [6.07, 6.45) is 5.83. The minimum atomic E-state index is 0.0300. The summed E-state index contributed by atoms with van der Waals surface area (Å²) in [4.78, 5) is 17.5. The van der Waals surface area contributed by atoms with Crippen LogP contribution < -0.4 is 0 Å².